The fourth-order valence-corrected chi connectivity index (χ4v) is 3.16. The van der Waals surface area contributed by atoms with Gasteiger partial charge in [0.05, 0.1) is 6.61 Å². The lowest BCUT2D eigenvalue weighted by molar-refractivity contribution is 0.254. The summed E-state index contributed by atoms with van der Waals surface area (Å²) in [5, 5.41) is 15.7. The Morgan fingerprint density at radius 3 is 2.79 bits per heavy atom. The van der Waals surface area contributed by atoms with Gasteiger partial charge in [-0.1, -0.05) is 6.07 Å². The standard InChI is InChI=1S/C21H26FN3O3/c1-4-27-19-9-15-7-13(2)28-20(15)10-16(19)12-25-21(23-3)24-11-14-5-6-18(26)17(22)8-14/h5-6,8-10,13,26H,4,7,11-12H2,1-3H3,(H2,23,24,25). The molecule has 2 aromatic carbocycles. The maximum Gasteiger partial charge on any atom is 0.191 e. The minimum atomic E-state index is -0.643. The summed E-state index contributed by atoms with van der Waals surface area (Å²) in [6.07, 6.45) is 1.06. The van der Waals surface area contributed by atoms with Gasteiger partial charge in [0, 0.05) is 37.7 Å². The number of phenols is 1. The molecule has 1 aliphatic rings. The second-order valence-corrected chi connectivity index (χ2v) is 6.70. The van der Waals surface area contributed by atoms with Gasteiger partial charge in [-0.15, -0.1) is 0 Å². The monoisotopic (exact) mass is 387 g/mol. The van der Waals surface area contributed by atoms with Gasteiger partial charge in [0.25, 0.3) is 0 Å². The third-order valence-electron chi connectivity index (χ3n) is 4.52. The first kappa shape index (κ1) is 19.8. The highest BCUT2D eigenvalue weighted by atomic mass is 19.1. The van der Waals surface area contributed by atoms with Crippen LogP contribution in [-0.4, -0.2) is 30.8 Å². The van der Waals surface area contributed by atoms with Crippen LogP contribution in [0.15, 0.2) is 35.3 Å². The number of ether oxygens (including phenoxy) is 2. The number of hydrogen-bond acceptors (Lipinski definition) is 4. The summed E-state index contributed by atoms with van der Waals surface area (Å²) in [6.45, 7) is 5.47. The fourth-order valence-electron chi connectivity index (χ4n) is 3.16. The summed E-state index contributed by atoms with van der Waals surface area (Å²) in [5.41, 5.74) is 2.85. The molecule has 7 heteroatoms. The maximum absolute atomic E-state index is 13.5. The number of nitrogens with one attached hydrogen (secondary N) is 2. The van der Waals surface area contributed by atoms with E-state index in [0.29, 0.717) is 31.2 Å². The van der Waals surface area contributed by atoms with E-state index in [1.54, 1.807) is 13.1 Å². The molecule has 150 valence electrons. The molecular formula is C21H26FN3O3. The second kappa shape index (κ2) is 8.82. The van der Waals surface area contributed by atoms with Gasteiger partial charge in [-0.25, -0.2) is 4.39 Å². The van der Waals surface area contributed by atoms with Crippen LogP contribution in [0.5, 0.6) is 17.2 Å². The van der Waals surface area contributed by atoms with Crippen LogP contribution in [0.4, 0.5) is 4.39 Å². The highest BCUT2D eigenvalue weighted by Crippen LogP contribution is 2.35. The molecule has 1 atom stereocenters. The summed E-state index contributed by atoms with van der Waals surface area (Å²) in [4.78, 5) is 4.20. The number of guanidine groups is 1. The lowest BCUT2D eigenvalue weighted by Crippen LogP contribution is -2.36. The van der Waals surface area contributed by atoms with E-state index in [1.807, 2.05) is 13.0 Å². The molecule has 1 aliphatic heterocycles. The predicted octanol–water partition coefficient (Wildman–Crippen LogP) is 3.12. The summed E-state index contributed by atoms with van der Waals surface area (Å²) < 4.78 is 25.1. The number of halogens is 1. The highest BCUT2D eigenvalue weighted by molar-refractivity contribution is 5.79. The molecule has 0 aliphatic carbocycles. The number of nitrogens with zero attached hydrogens (tertiary/aromatic N) is 1. The van der Waals surface area contributed by atoms with Crippen molar-refractivity contribution in [2.75, 3.05) is 13.7 Å². The molecule has 0 saturated carbocycles. The molecule has 3 rings (SSSR count). The van der Waals surface area contributed by atoms with Crippen LogP contribution in [0.3, 0.4) is 0 Å². The molecule has 0 aromatic heterocycles. The van der Waals surface area contributed by atoms with Crippen LogP contribution < -0.4 is 20.1 Å². The van der Waals surface area contributed by atoms with Crippen molar-refractivity contribution >= 4 is 5.96 Å². The summed E-state index contributed by atoms with van der Waals surface area (Å²) >= 11 is 0. The van der Waals surface area contributed by atoms with E-state index in [9.17, 15) is 9.50 Å². The van der Waals surface area contributed by atoms with Crippen LogP contribution in [0, 0.1) is 5.82 Å². The molecule has 1 heterocycles. The summed E-state index contributed by atoms with van der Waals surface area (Å²) in [7, 11) is 1.67. The Balaban J connectivity index is 1.64. The van der Waals surface area contributed by atoms with Gasteiger partial charge in [-0.2, -0.15) is 0 Å². The van der Waals surface area contributed by atoms with Crippen molar-refractivity contribution < 1.29 is 19.0 Å². The topological polar surface area (TPSA) is 75.1 Å². The largest absolute Gasteiger partial charge is 0.505 e. The molecule has 0 spiro atoms. The van der Waals surface area contributed by atoms with Crippen molar-refractivity contribution in [1.29, 1.82) is 0 Å². The smallest absolute Gasteiger partial charge is 0.191 e. The van der Waals surface area contributed by atoms with Crippen LogP contribution in [0.2, 0.25) is 0 Å². The lowest BCUT2D eigenvalue weighted by atomic mass is 10.1. The molecular weight excluding hydrogens is 361 g/mol. The Kier molecular flexibility index (Phi) is 6.23. The highest BCUT2D eigenvalue weighted by Gasteiger charge is 2.21. The van der Waals surface area contributed by atoms with Crippen LogP contribution in [0.25, 0.3) is 0 Å². The van der Waals surface area contributed by atoms with E-state index in [4.69, 9.17) is 9.47 Å². The molecule has 28 heavy (non-hydrogen) atoms. The van der Waals surface area contributed by atoms with Gasteiger partial charge in [-0.05, 0) is 43.7 Å². The van der Waals surface area contributed by atoms with Crippen LogP contribution >= 0.6 is 0 Å². The zero-order valence-corrected chi connectivity index (χ0v) is 16.4. The van der Waals surface area contributed by atoms with Crippen molar-refractivity contribution in [3.8, 4) is 17.2 Å². The van der Waals surface area contributed by atoms with Crippen molar-refractivity contribution in [3.05, 3.63) is 52.8 Å². The van der Waals surface area contributed by atoms with E-state index < -0.39 is 5.82 Å². The van der Waals surface area contributed by atoms with Gasteiger partial charge >= 0.3 is 0 Å². The van der Waals surface area contributed by atoms with Gasteiger partial charge in [0.15, 0.2) is 17.5 Å². The first-order valence-electron chi connectivity index (χ1n) is 9.37. The molecule has 6 nitrogen and oxygen atoms in total. The summed E-state index contributed by atoms with van der Waals surface area (Å²) in [5.74, 6) is 1.31. The van der Waals surface area contributed by atoms with Gasteiger partial charge in [0.2, 0.25) is 0 Å². The number of aromatic hydroxyl groups is 1. The molecule has 0 radical (unpaired) electrons. The fraction of sp³-hybridized carbons (Fsp3) is 0.381. The van der Waals surface area contributed by atoms with Crippen molar-refractivity contribution in [1.82, 2.24) is 10.6 Å². The molecule has 0 amide bonds. The maximum atomic E-state index is 13.5. The normalized spacial score (nSPS) is 15.7. The van der Waals surface area contributed by atoms with Gasteiger partial charge in [0.1, 0.15) is 17.6 Å². The van der Waals surface area contributed by atoms with E-state index in [2.05, 4.69) is 28.6 Å². The number of rotatable bonds is 6. The quantitative estimate of drug-likeness (QED) is 0.525. The number of phenolic OH excluding ortho intramolecular Hbond substituents is 1. The first-order valence-corrected chi connectivity index (χ1v) is 9.37. The van der Waals surface area contributed by atoms with E-state index in [-0.39, 0.29) is 11.9 Å². The Bertz CT molecular complexity index is 870. The number of fused-ring (bicyclic) bond motifs is 1. The van der Waals surface area contributed by atoms with Gasteiger partial charge in [-0.3, -0.25) is 4.99 Å². The average Bonchev–Trinajstić information content (AvgIpc) is 3.03. The van der Waals surface area contributed by atoms with Gasteiger partial charge < -0.3 is 25.2 Å². The third-order valence-corrected chi connectivity index (χ3v) is 4.52. The second-order valence-electron chi connectivity index (χ2n) is 6.70. The zero-order valence-electron chi connectivity index (χ0n) is 16.4. The van der Waals surface area contributed by atoms with E-state index >= 15 is 0 Å². The third kappa shape index (κ3) is 4.65. The Hall–Kier alpha value is -2.96. The van der Waals surface area contributed by atoms with Crippen molar-refractivity contribution in [2.24, 2.45) is 4.99 Å². The zero-order chi connectivity index (χ0) is 20.1. The Morgan fingerprint density at radius 1 is 1.29 bits per heavy atom. The minimum absolute atomic E-state index is 0.174. The predicted molar refractivity (Wildman–Crippen MR) is 107 cm³/mol. The average molecular weight is 387 g/mol. The molecule has 1 unspecified atom stereocenters. The SMILES string of the molecule is CCOc1cc2c(cc1CNC(=NC)NCc1ccc(O)c(F)c1)OC(C)C2. The number of aliphatic imine (C=N–C) groups is 1. The number of hydrogen-bond donors (Lipinski definition) is 3. The van der Waals surface area contributed by atoms with E-state index in [1.165, 1.54) is 12.1 Å². The first-order chi connectivity index (χ1) is 13.5. The van der Waals surface area contributed by atoms with Crippen LogP contribution in [-0.2, 0) is 19.5 Å². The van der Waals surface area contributed by atoms with Crippen LogP contribution in [0.1, 0.15) is 30.5 Å². The lowest BCUT2D eigenvalue weighted by Gasteiger charge is -2.16. The van der Waals surface area contributed by atoms with Crippen molar-refractivity contribution in [3.63, 3.8) is 0 Å². The molecule has 3 N–H and O–H groups in total. The Morgan fingerprint density at radius 2 is 2.07 bits per heavy atom. The molecule has 2 aromatic rings. The van der Waals surface area contributed by atoms with E-state index in [0.717, 1.165) is 29.0 Å². The Labute approximate surface area is 164 Å². The molecule has 0 bridgehead atoms. The van der Waals surface area contributed by atoms with Crippen molar-refractivity contribution in [2.45, 2.75) is 39.5 Å². The molecule has 0 saturated heterocycles. The summed E-state index contributed by atoms with van der Waals surface area (Å²) in [6, 6.07) is 8.35. The molecule has 0 fully saturated rings. The minimum Gasteiger partial charge on any atom is -0.505 e. The number of benzene rings is 2.